The third-order valence-electron chi connectivity index (χ3n) is 2.46. The van der Waals surface area contributed by atoms with Crippen molar-refractivity contribution in [2.75, 3.05) is 19.8 Å². The maximum Gasteiger partial charge on any atom is 0.119 e. The number of benzene rings is 1. The van der Waals surface area contributed by atoms with Crippen molar-refractivity contribution in [1.82, 2.24) is 5.32 Å². The lowest BCUT2D eigenvalue weighted by Gasteiger charge is -2.10. The van der Waals surface area contributed by atoms with Gasteiger partial charge in [0.25, 0.3) is 0 Å². The van der Waals surface area contributed by atoms with Crippen LogP contribution in [0.15, 0.2) is 24.3 Å². The highest BCUT2D eigenvalue weighted by atomic mass is 16.5. The minimum absolute atomic E-state index is 0.497. The summed E-state index contributed by atoms with van der Waals surface area (Å²) in [5.41, 5.74) is 1.25. The van der Waals surface area contributed by atoms with Crippen LogP contribution in [0.5, 0.6) is 5.75 Å². The van der Waals surface area contributed by atoms with Crippen molar-refractivity contribution < 1.29 is 9.47 Å². The second-order valence-corrected chi connectivity index (χ2v) is 4.64. The zero-order valence-electron chi connectivity index (χ0n) is 11.7. The monoisotopic (exact) mass is 251 g/mol. The van der Waals surface area contributed by atoms with Crippen molar-refractivity contribution >= 4 is 0 Å². The van der Waals surface area contributed by atoms with Gasteiger partial charge in [-0.1, -0.05) is 32.9 Å². The van der Waals surface area contributed by atoms with Crippen LogP contribution in [-0.2, 0) is 11.3 Å². The third-order valence-corrected chi connectivity index (χ3v) is 2.46. The van der Waals surface area contributed by atoms with Crippen LogP contribution in [0.2, 0.25) is 0 Å². The first kappa shape index (κ1) is 15.0. The molecule has 0 aliphatic carbocycles. The summed E-state index contributed by atoms with van der Waals surface area (Å²) in [5.74, 6) is 0.915. The van der Waals surface area contributed by atoms with Crippen LogP contribution in [0.4, 0.5) is 0 Å². The van der Waals surface area contributed by atoms with E-state index in [0.717, 1.165) is 25.3 Å². The van der Waals surface area contributed by atoms with Gasteiger partial charge in [-0.15, -0.1) is 0 Å². The Hall–Kier alpha value is -1.06. The van der Waals surface area contributed by atoms with Gasteiger partial charge in [0.1, 0.15) is 12.4 Å². The first-order valence-electron chi connectivity index (χ1n) is 6.75. The topological polar surface area (TPSA) is 30.5 Å². The predicted molar refractivity (Wildman–Crippen MR) is 75.0 cm³/mol. The average molecular weight is 251 g/mol. The lowest BCUT2D eigenvalue weighted by molar-refractivity contribution is 0.101. The fourth-order valence-electron chi connectivity index (χ4n) is 1.53. The molecule has 0 aromatic heterocycles. The smallest absolute Gasteiger partial charge is 0.119 e. The van der Waals surface area contributed by atoms with E-state index in [9.17, 15) is 0 Å². The van der Waals surface area contributed by atoms with Crippen LogP contribution in [0.1, 0.15) is 32.8 Å². The Labute approximate surface area is 110 Å². The van der Waals surface area contributed by atoms with E-state index in [1.165, 1.54) is 5.56 Å². The standard InChI is InChI=1S/C15H25NO2/c1-4-8-17-9-10-18-15-7-5-6-14(11-15)12-16-13(2)3/h5-7,11,13,16H,4,8-10,12H2,1-3H3. The molecule has 3 nitrogen and oxygen atoms in total. The van der Waals surface area contributed by atoms with E-state index in [4.69, 9.17) is 9.47 Å². The summed E-state index contributed by atoms with van der Waals surface area (Å²) in [7, 11) is 0. The summed E-state index contributed by atoms with van der Waals surface area (Å²) in [6.45, 7) is 9.34. The van der Waals surface area contributed by atoms with Gasteiger partial charge in [0.15, 0.2) is 0 Å². The van der Waals surface area contributed by atoms with Crippen molar-refractivity contribution in [2.45, 2.75) is 39.8 Å². The van der Waals surface area contributed by atoms with Crippen LogP contribution >= 0.6 is 0 Å². The normalized spacial score (nSPS) is 10.9. The van der Waals surface area contributed by atoms with Crippen molar-refractivity contribution in [2.24, 2.45) is 0 Å². The van der Waals surface area contributed by atoms with E-state index in [1.807, 2.05) is 12.1 Å². The summed E-state index contributed by atoms with van der Waals surface area (Å²) in [6.07, 6.45) is 1.05. The predicted octanol–water partition coefficient (Wildman–Crippen LogP) is 2.99. The largest absolute Gasteiger partial charge is 0.491 e. The molecular formula is C15H25NO2. The molecule has 1 N–H and O–H groups in total. The molecule has 102 valence electrons. The molecule has 18 heavy (non-hydrogen) atoms. The highest BCUT2D eigenvalue weighted by Gasteiger charge is 1.98. The second kappa shape index (κ2) is 8.95. The van der Waals surface area contributed by atoms with Gasteiger partial charge in [0.2, 0.25) is 0 Å². The molecule has 0 saturated heterocycles. The average Bonchev–Trinajstić information content (AvgIpc) is 2.37. The molecular weight excluding hydrogens is 226 g/mol. The molecule has 1 aromatic carbocycles. The fourth-order valence-corrected chi connectivity index (χ4v) is 1.53. The Kier molecular flexibility index (Phi) is 7.46. The molecule has 1 aromatic rings. The van der Waals surface area contributed by atoms with Gasteiger partial charge in [0, 0.05) is 19.2 Å². The van der Waals surface area contributed by atoms with Crippen molar-refractivity contribution in [3.8, 4) is 5.75 Å². The lowest BCUT2D eigenvalue weighted by Crippen LogP contribution is -2.21. The molecule has 0 amide bonds. The number of nitrogens with one attached hydrogen (secondary N) is 1. The van der Waals surface area contributed by atoms with Crippen LogP contribution < -0.4 is 10.1 Å². The quantitative estimate of drug-likeness (QED) is 0.684. The number of rotatable bonds is 9. The van der Waals surface area contributed by atoms with Crippen LogP contribution in [0.3, 0.4) is 0 Å². The van der Waals surface area contributed by atoms with Gasteiger partial charge >= 0.3 is 0 Å². The van der Waals surface area contributed by atoms with Crippen LogP contribution in [0, 0.1) is 0 Å². The molecule has 0 heterocycles. The van der Waals surface area contributed by atoms with Crippen LogP contribution in [0.25, 0.3) is 0 Å². The van der Waals surface area contributed by atoms with E-state index >= 15 is 0 Å². The van der Waals surface area contributed by atoms with E-state index in [0.29, 0.717) is 19.3 Å². The van der Waals surface area contributed by atoms with E-state index in [1.54, 1.807) is 0 Å². The van der Waals surface area contributed by atoms with E-state index in [2.05, 4.69) is 38.2 Å². The minimum Gasteiger partial charge on any atom is -0.491 e. The second-order valence-electron chi connectivity index (χ2n) is 4.64. The Morgan fingerprint density at radius 2 is 2.00 bits per heavy atom. The lowest BCUT2D eigenvalue weighted by atomic mass is 10.2. The molecule has 0 bridgehead atoms. The van der Waals surface area contributed by atoms with Gasteiger partial charge in [-0.3, -0.25) is 0 Å². The summed E-state index contributed by atoms with van der Waals surface area (Å²) in [6, 6.07) is 8.69. The Morgan fingerprint density at radius 3 is 2.72 bits per heavy atom. The fraction of sp³-hybridized carbons (Fsp3) is 0.600. The number of hydrogen-bond donors (Lipinski definition) is 1. The Morgan fingerprint density at radius 1 is 1.17 bits per heavy atom. The SMILES string of the molecule is CCCOCCOc1cccc(CNC(C)C)c1. The molecule has 0 spiro atoms. The summed E-state index contributed by atoms with van der Waals surface area (Å²) in [4.78, 5) is 0. The molecule has 1 rings (SSSR count). The Balaban J connectivity index is 2.30. The zero-order chi connectivity index (χ0) is 13.2. The number of ether oxygens (including phenoxy) is 2. The van der Waals surface area contributed by atoms with E-state index < -0.39 is 0 Å². The van der Waals surface area contributed by atoms with Crippen molar-refractivity contribution in [3.05, 3.63) is 29.8 Å². The van der Waals surface area contributed by atoms with Crippen molar-refractivity contribution in [1.29, 1.82) is 0 Å². The molecule has 0 saturated carbocycles. The van der Waals surface area contributed by atoms with Gasteiger partial charge in [-0.25, -0.2) is 0 Å². The highest BCUT2D eigenvalue weighted by Crippen LogP contribution is 2.13. The molecule has 0 aliphatic heterocycles. The van der Waals surface area contributed by atoms with Gasteiger partial charge in [-0.05, 0) is 24.1 Å². The highest BCUT2D eigenvalue weighted by molar-refractivity contribution is 5.28. The molecule has 0 unspecified atom stereocenters. The zero-order valence-corrected chi connectivity index (χ0v) is 11.7. The van der Waals surface area contributed by atoms with Gasteiger partial charge < -0.3 is 14.8 Å². The summed E-state index contributed by atoms with van der Waals surface area (Å²) >= 11 is 0. The maximum absolute atomic E-state index is 5.65. The first-order valence-corrected chi connectivity index (χ1v) is 6.75. The van der Waals surface area contributed by atoms with Gasteiger partial charge in [0.05, 0.1) is 6.61 Å². The summed E-state index contributed by atoms with van der Waals surface area (Å²) < 4.78 is 11.0. The number of hydrogen-bond acceptors (Lipinski definition) is 3. The minimum atomic E-state index is 0.497. The third kappa shape index (κ3) is 6.62. The first-order chi connectivity index (χ1) is 8.72. The van der Waals surface area contributed by atoms with Crippen molar-refractivity contribution in [3.63, 3.8) is 0 Å². The van der Waals surface area contributed by atoms with E-state index in [-0.39, 0.29) is 0 Å². The Bertz CT molecular complexity index is 326. The molecule has 0 radical (unpaired) electrons. The summed E-state index contributed by atoms with van der Waals surface area (Å²) in [5, 5.41) is 3.39. The maximum atomic E-state index is 5.65. The van der Waals surface area contributed by atoms with Crippen LogP contribution in [-0.4, -0.2) is 25.9 Å². The molecule has 3 heteroatoms. The van der Waals surface area contributed by atoms with Gasteiger partial charge in [-0.2, -0.15) is 0 Å². The molecule has 0 aliphatic rings. The molecule has 0 fully saturated rings. The molecule has 0 atom stereocenters.